The maximum absolute atomic E-state index is 12.3. The Labute approximate surface area is 181 Å². The van der Waals surface area contributed by atoms with Gasteiger partial charge in [0.2, 0.25) is 5.91 Å². The summed E-state index contributed by atoms with van der Waals surface area (Å²) in [6.07, 6.45) is 0.111. The highest BCUT2D eigenvalue weighted by molar-refractivity contribution is 6.43. The van der Waals surface area contributed by atoms with Crippen molar-refractivity contribution in [3.8, 4) is 5.75 Å². The Balaban J connectivity index is 1.91. The van der Waals surface area contributed by atoms with Crippen molar-refractivity contribution in [2.75, 3.05) is 19.6 Å². The molecule has 0 bridgehead atoms. The molecule has 0 heterocycles. The number of phenols is 1. The van der Waals surface area contributed by atoms with E-state index in [9.17, 15) is 24.7 Å². The molecule has 0 radical (unpaired) electrons. The van der Waals surface area contributed by atoms with Crippen molar-refractivity contribution in [1.29, 1.82) is 0 Å². The van der Waals surface area contributed by atoms with E-state index in [0.29, 0.717) is 13.1 Å². The minimum absolute atomic E-state index is 0.0185. The molecule has 166 valence electrons. The predicted molar refractivity (Wildman–Crippen MR) is 117 cm³/mol. The van der Waals surface area contributed by atoms with Crippen molar-refractivity contribution in [1.82, 2.24) is 10.6 Å². The number of carbonyl (C=O) groups is 2. The molecule has 0 spiro atoms. The Kier molecular flexibility index (Phi) is 9.48. The Bertz CT molecular complexity index is 876. The van der Waals surface area contributed by atoms with E-state index in [-0.39, 0.29) is 36.4 Å². The maximum atomic E-state index is 12.3. The summed E-state index contributed by atoms with van der Waals surface area (Å²) < 4.78 is 0. The molecular weight excluding hydrogens is 401 g/mol. The molecule has 0 saturated heterocycles. The molecule has 31 heavy (non-hydrogen) atoms. The third-order valence-corrected chi connectivity index (χ3v) is 4.85. The molecule has 1 atom stereocenters. The molecule has 0 aromatic heterocycles. The van der Waals surface area contributed by atoms with Crippen LogP contribution in [0.4, 0.5) is 0 Å². The monoisotopic (exact) mass is 429 g/mol. The molecular formula is C21H28BN3O6. The van der Waals surface area contributed by atoms with Crippen LogP contribution >= 0.6 is 0 Å². The number of benzene rings is 2. The van der Waals surface area contributed by atoms with Gasteiger partial charge in [-0.15, -0.1) is 0 Å². The van der Waals surface area contributed by atoms with Gasteiger partial charge in [0, 0.05) is 32.0 Å². The third kappa shape index (κ3) is 7.69. The lowest BCUT2D eigenvalue weighted by atomic mass is 9.69. The molecule has 9 nitrogen and oxygen atoms in total. The van der Waals surface area contributed by atoms with Gasteiger partial charge in [0.25, 0.3) is 0 Å². The topological polar surface area (TPSA) is 165 Å². The lowest BCUT2D eigenvalue weighted by Gasteiger charge is -2.18. The molecule has 2 aromatic rings. The van der Waals surface area contributed by atoms with Crippen molar-refractivity contribution in [3.05, 3.63) is 64.7 Å². The zero-order chi connectivity index (χ0) is 22.8. The Morgan fingerprint density at radius 2 is 1.74 bits per heavy atom. The molecule has 10 heteroatoms. The molecule has 0 aliphatic carbocycles. The number of carbonyl (C=O) groups excluding carboxylic acids is 1. The van der Waals surface area contributed by atoms with Crippen LogP contribution in [0.2, 0.25) is 5.82 Å². The largest absolute Gasteiger partial charge is 0.507 e. The molecule has 2 aromatic carbocycles. The van der Waals surface area contributed by atoms with Gasteiger partial charge in [-0.3, -0.25) is 4.79 Å². The maximum Gasteiger partial charge on any atom is 0.456 e. The van der Waals surface area contributed by atoms with Gasteiger partial charge in [0.15, 0.2) is 0 Å². The molecule has 0 fully saturated rings. The van der Waals surface area contributed by atoms with Crippen molar-refractivity contribution in [2.24, 2.45) is 5.73 Å². The number of hydrogen-bond acceptors (Lipinski definition) is 7. The van der Waals surface area contributed by atoms with Crippen LogP contribution in [0.25, 0.3) is 0 Å². The summed E-state index contributed by atoms with van der Waals surface area (Å²) in [5, 5.41) is 44.4. The quantitative estimate of drug-likeness (QED) is 0.181. The number of rotatable bonds is 12. The van der Waals surface area contributed by atoms with E-state index >= 15 is 0 Å². The number of nitrogens with one attached hydrogen (secondary N) is 2. The summed E-state index contributed by atoms with van der Waals surface area (Å²) in [7, 11) is -1.76. The number of aromatic hydroxyl groups is 1. The lowest BCUT2D eigenvalue weighted by molar-refractivity contribution is -0.120. The normalized spacial score (nSPS) is 11.7. The van der Waals surface area contributed by atoms with Crippen LogP contribution in [0.1, 0.15) is 27.0 Å². The average molecular weight is 429 g/mol. The first kappa shape index (κ1) is 24.4. The Morgan fingerprint density at radius 3 is 2.35 bits per heavy atom. The van der Waals surface area contributed by atoms with E-state index < -0.39 is 24.7 Å². The summed E-state index contributed by atoms with van der Waals surface area (Å²) in [5.74, 6) is -2.82. The second kappa shape index (κ2) is 12.1. The summed E-state index contributed by atoms with van der Waals surface area (Å²) >= 11 is 0. The zero-order valence-electron chi connectivity index (χ0n) is 17.1. The van der Waals surface area contributed by atoms with Crippen LogP contribution in [0.5, 0.6) is 5.75 Å². The van der Waals surface area contributed by atoms with E-state index in [1.54, 1.807) is 0 Å². The average Bonchev–Trinajstić information content (AvgIpc) is 2.73. The van der Waals surface area contributed by atoms with Crippen molar-refractivity contribution in [3.63, 3.8) is 0 Å². The van der Waals surface area contributed by atoms with Crippen molar-refractivity contribution in [2.45, 2.75) is 25.2 Å². The highest BCUT2D eigenvalue weighted by Gasteiger charge is 2.26. The number of para-hydroxylation sites is 1. The van der Waals surface area contributed by atoms with Crippen LogP contribution in [0, 0.1) is 0 Å². The number of hydrogen-bond donors (Lipinski definition) is 7. The van der Waals surface area contributed by atoms with Crippen LogP contribution in [-0.2, 0) is 24.2 Å². The van der Waals surface area contributed by atoms with E-state index in [2.05, 4.69) is 10.6 Å². The van der Waals surface area contributed by atoms with Gasteiger partial charge in [0.1, 0.15) is 11.3 Å². The molecule has 2 rings (SSSR count). The van der Waals surface area contributed by atoms with Gasteiger partial charge >= 0.3 is 13.1 Å². The van der Waals surface area contributed by atoms with Crippen molar-refractivity contribution >= 4 is 19.0 Å². The van der Waals surface area contributed by atoms with Crippen LogP contribution in [0.3, 0.4) is 0 Å². The number of carboxylic acids is 1. The Morgan fingerprint density at radius 1 is 1.06 bits per heavy atom. The summed E-state index contributed by atoms with van der Waals surface area (Å²) in [4.78, 5) is 23.4. The lowest BCUT2D eigenvalue weighted by Crippen LogP contribution is -2.35. The molecule has 0 aliphatic rings. The van der Waals surface area contributed by atoms with Gasteiger partial charge in [-0.1, -0.05) is 36.4 Å². The van der Waals surface area contributed by atoms with Crippen LogP contribution in [0.15, 0.2) is 42.5 Å². The minimum Gasteiger partial charge on any atom is -0.507 e. The van der Waals surface area contributed by atoms with Crippen LogP contribution in [-0.4, -0.2) is 58.9 Å². The van der Waals surface area contributed by atoms with Gasteiger partial charge in [-0.05, 0) is 29.2 Å². The third-order valence-electron chi connectivity index (χ3n) is 4.85. The smallest absolute Gasteiger partial charge is 0.456 e. The van der Waals surface area contributed by atoms with Crippen molar-refractivity contribution < 1.29 is 29.9 Å². The fraction of sp³-hybridized carbons (Fsp3) is 0.333. The van der Waals surface area contributed by atoms with Gasteiger partial charge < -0.3 is 36.6 Å². The van der Waals surface area contributed by atoms with E-state index in [1.165, 1.54) is 18.2 Å². The van der Waals surface area contributed by atoms with E-state index in [0.717, 1.165) is 17.7 Å². The zero-order valence-corrected chi connectivity index (χ0v) is 17.1. The first-order valence-corrected chi connectivity index (χ1v) is 9.97. The highest BCUT2D eigenvalue weighted by atomic mass is 16.4. The SMILES string of the molecule is NCCNCc1ccc(CC(=O)NC[C@@H](Cc2cccc(C(=O)O)c2O)B(O)O)cc1. The fourth-order valence-corrected chi connectivity index (χ4v) is 3.10. The fourth-order valence-electron chi connectivity index (χ4n) is 3.10. The summed E-state index contributed by atoms with van der Waals surface area (Å²) in [5.41, 5.74) is 7.31. The summed E-state index contributed by atoms with van der Waals surface area (Å²) in [6, 6.07) is 11.8. The van der Waals surface area contributed by atoms with Gasteiger partial charge in [-0.2, -0.15) is 0 Å². The molecule has 0 aliphatic heterocycles. The summed E-state index contributed by atoms with van der Waals surface area (Å²) in [6.45, 7) is 1.93. The number of amides is 1. The molecule has 8 N–H and O–H groups in total. The Hall–Kier alpha value is -2.92. The first-order chi connectivity index (χ1) is 14.8. The first-order valence-electron chi connectivity index (χ1n) is 9.97. The second-order valence-electron chi connectivity index (χ2n) is 7.26. The second-order valence-corrected chi connectivity index (χ2v) is 7.26. The molecule has 0 saturated carbocycles. The number of carboxylic acid groups (broad SMARTS) is 1. The number of nitrogens with two attached hydrogens (primary N) is 1. The molecule has 0 unspecified atom stereocenters. The molecule has 1 amide bonds. The number of aromatic carboxylic acids is 1. The van der Waals surface area contributed by atoms with E-state index in [4.69, 9.17) is 10.8 Å². The van der Waals surface area contributed by atoms with Crippen LogP contribution < -0.4 is 16.4 Å². The van der Waals surface area contributed by atoms with E-state index in [1.807, 2.05) is 24.3 Å². The van der Waals surface area contributed by atoms with Gasteiger partial charge in [0.05, 0.1) is 6.42 Å². The standard InChI is InChI=1S/C21H28BN3O6/c23-8-9-24-12-15-6-4-14(5-7-15)10-19(26)25-13-17(22(30)31)11-16-2-1-3-18(20(16)27)21(28)29/h1-7,17,24,27,30-31H,8-13,23H2,(H,25,26)(H,28,29)/t17-/m1/s1. The highest BCUT2D eigenvalue weighted by Crippen LogP contribution is 2.27. The predicted octanol–water partition coefficient (Wildman–Crippen LogP) is -0.117. The van der Waals surface area contributed by atoms with Gasteiger partial charge in [-0.25, -0.2) is 4.79 Å². The minimum atomic E-state index is -1.76.